The Hall–Kier alpha value is -3.66. The molecule has 4 amide bonds. The highest BCUT2D eigenvalue weighted by Gasteiger charge is 2.67. The van der Waals surface area contributed by atoms with E-state index >= 15 is 0 Å². The molecule has 2 aromatic rings. The van der Waals surface area contributed by atoms with Crippen LogP contribution in [0, 0.1) is 13.8 Å². The number of nitrogens with zero attached hydrogens (tertiary/aromatic N) is 4. The molecule has 178 valence electrons. The molecule has 11 heteroatoms. The molecular formula is C23H23ClN4O6. The van der Waals surface area contributed by atoms with Crippen LogP contribution in [0.2, 0.25) is 5.02 Å². The summed E-state index contributed by atoms with van der Waals surface area (Å²) in [6, 6.07) is 3.74. The summed E-state index contributed by atoms with van der Waals surface area (Å²) in [7, 11) is 2.91. The van der Waals surface area contributed by atoms with Gasteiger partial charge in [0.15, 0.2) is 0 Å². The number of carboxylic acid groups (broad SMARTS) is 1. The Balaban J connectivity index is 1.72. The van der Waals surface area contributed by atoms with Crippen LogP contribution >= 0.6 is 11.6 Å². The predicted octanol–water partition coefficient (Wildman–Crippen LogP) is 2.12. The van der Waals surface area contributed by atoms with Gasteiger partial charge >= 0.3 is 12.0 Å². The van der Waals surface area contributed by atoms with Crippen LogP contribution in [0.15, 0.2) is 24.4 Å². The van der Waals surface area contributed by atoms with E-state index < -0.39 is 35.9 Å². The first-order valence-electron chi connectivity index (χ1n) is 10.5. The lowest BCUT2D eigenvalue weighted by atomic mass is 9.90. The summed E-state index contributed by atoms with van der Waals surface area (Å²) in [5.41, 5.74) is 0.708. The van der Waals surface area contributed by atoms with Crippen molar-refractivity contribution in [2.75, 3.05) is 32.1 Å². The maximum absolute atomic E-state index is 13.7. The number of likely N-dealkylation sites (N-methyl/N-ethyl adjacent to an activating group) is 1. The first-order valence-corrected chi connectivity index (χ1v) is 10.9. The van der Waals surface area contributed by atoms with E-state index in [1.807, 2.05) is 13.8 Å². The van der Waals surface area contributed by atoms with E-state index in [4.69, 9.17) is 16.3 Å². The highest BCUT2D eigenvalue weighted by atomic mass is 35.5. The summed E-state index contributed by atoms with van der Waals surface area (Å²) in [6.07, 6.45) is 1.91. The fourth-order valence-electron chi connectivity index (χ4n) is 4.76. The normalized spacial score (nSPS) is 19.4. The maximum atomic E-state index is 13.7. The van der Waals surface area contributed by atoms with Crippen LogP contribution in [0.3, 0.4) is 0 Å². The van der Waals surface area contributed by atoms with E-state index in [0.29, 0.717) is 11.4 Å². The van der Waals surface area contributed by atoms with Gasteiger partial charge < -0.3 is 14.7 Å². The Labute approximate surface area is 200 Å². The Morgan fingerprint density at radius 3 is 2.50 bits per heavy atom. The van der Waals surface area contributed by atoms with Gasteiger partial charge in [0.1, 0.15) is 12.3 Å². The van der Waals surface area contributed by atoms with Gasteiger partial charge in [0.2, 0.25) is 5.54 Å². The zero-order valence-corrected chi connectivity index (χ0v) is 19.8. The van der Waals surface area contributed by atoms with Crippen molar-refractivity contribution < 1.29 is 29.0 Å². The highest BCUT2D eigenvalue weighted by Crippen LogP contribution is 2.48. The van der Waals surface area contributed by atoms with E-state index in [2.05, 4.69) is 4.98 Å². The van der Waals surface area contributed by atoms with Gasteiger partial charge in [0.05, 0.1) is 12.8 Å². The van der Waals surface area contributed by atoms with Gasteiger partial charge in [0, 0.05) is 53.6 Å². The van der Waals surface area contributed by atoms with Crippen molar-refractivity contribution >= 4 is 41.1 Å². The number of anilines is 1. The number of halogens is 1. The van der Waals surface area contributed by atoms with Gasteiger partial charge in [0.25, 0.3) is 11.8 Å². The molecule has 10 nitrogen and oxygen atoms in total. The third kappa shape index (κ3) is 3.20. The Bertz CT molecular complexity index is 1250. The molecule has 1 aromatic heterocycles. The average molecular weight is 487 g/mol. The third-order valence-electron chi connectivity index (χ3n) is 6.38. The number of methoxy groups -OCH3 is 1. The zero-order valence-electron chi connectivity index (χ0n) is 19.1. The van der Waals surface area contributed by atoms with Crippen molar-refractivity contribution in [1.82, 2.24) is 14.8 Å². The van der Waals surface area contributed by atoms with Gasteiger partial charge in [-0.2, -0.15) is 0 Å². The molecule has 2 aliphatic heterocycles. The van der Waals surface area contributed by atoms with Gasteiger partial charge in [-0.3, -0.25) is 29.2 Å². The number of hydrogen-bond donors (Lipinski definition) is 1. The lowest BCUT2D eigenvalue weighted by Gasteiger charge is -2.27. The second-order valence-electron chi connectivity index (χ2n) is 8.25. The number of aromatic nitrogens is 1. The van der Waals surface area contributed by atoms with E-state index in [1.54, 1.807) is 13.3 Å². The fraction of sp³-hybridized carbons (Fsp3) is 0.348. The van der Waals surface area contributed by atoms with Crippen LogP contribution < -0.4 is 9.64 Å². The molecule has 1 spiro atoms. The van der Waals surface area contributed by atoms with Crippen LogP contribution in [-0.4, -0.2) is 71.0 Å². The predicted molar refractivity (Wildman–Crippen MR) is 122 cm³/mol. The molecule has 1 fully saturated rings. The van der Waals surface area contributed by atoms with Crippen molar-refractivity contribution in [2.24, 2.45) is 0 Å². The Morgan fingerprint density at radius 2 is 1.85 bits per heavy atom. The lowest BCUT2D eigenvalue weighted by Crippen LogP contribution is -2.53. The number of carbonyl (C=O) groups is 4. The molecule has 1 atom stereocenters. The van der Waals surface area contributed by atoms with E-state index in [-0.39, 0.29) is 29.2 Å². The molecule has 0 unspecified atom stereocenters. The van der Waals surface area contributed by atoms with E-state index in [9.17, 15) is 24.3 Å². The minimum atomic E-state index is -2.01. The molecule has 1 aromatic carbocycles. The molecule has 2 aliphatic rings. The molecule has 4 rings (SSSR count). The van der Waals surface area contributed by atoms with E-state index in [0.717, 1.165) is 25.8 Å². The summed E-state index contributed by atoms with van der Waals surface area (Å²) in [5, 5.41) is 9.58. The monoisotopic (exact) mass is 486 g/mol. The minimum absolute atomic E-state index is 0.0219. The largest absolute Gasteiger partial charge is 0.496 e. The highest BCUT2D eigenvalue weighted by molar-refractivity contribution is 6.32. The summed E-state index contributed by atoms with van der Waals surface area (Å²) < 4.78 is 5.43. The summed E-state index contributed by atoms with van der Waals surface area (Å²) >= 11 is 6.16. The van der Waals surface area contributed by atoms with Crippen molar-refractivity contribution in [2.45, 2.75) is 25.8 Å². The van der Waals surface area contributed by atoms with Crippen molar-refractivity contribution in [3.63, 3.8) is 0 Å². The Kier molecular flexibility index (Phi) is 5.72. The second-order valence-corrected chi connectivity index (χ2v) is 8.69. The van der Waals surface area contributed by atoms with Gasteiger partial charge in [-0.25, -0.2) is 4.79 Å². The van der Waals surface area contributed by atoms with Crippen LogP contribution in [0.1, 0.15) is 22.4 Å². The number of aryl methyl sites for hydroxylation is 1. The lowest BCUT2D eigenvalue weighted by molar-refractivity contribution is -0.143. The zero-order chi connectivity index (χ0) is 24.9. The molecular weight excluding hydrogens is 464 g/mol. The van der Waals surface area contributed by atoms with E-state index in [1.165, 1.54) is 25.2 Å². The van der Waals surface area contributed by atoms with Gasteiger partial charge in [-0.1, -0.05) is 11.6 Å². The number of carbonyl (C=O) groups excluding carboxylic acids is 3. The molecule has 1 saturated heterocycles. The fourth-order valence-corrected chi connectivity index (χ4v) is 4.94. The molecule has 0 saturated carbocycles. The molecule has 34 heavy (non-hydrogen) atoms. The first kappa shape index (κ1) is 23.5. The standard InChI is InChI=1S/C23H23ClN4O6/c1-12-10-25-16(13(2)19(12)34-4)7-8-27-20(31)23(26(3)22(27)33)15-9-14(24)5-6-17(15)28(21(23)32)11-18(29)30/h5-6,9-10H,7-8,11H2,1-4H3,(H,29,30)/t23-/m1/s1. The number of amides is 4. The maximum Gasteiger partial charge on any atom is 0.328 e. The first-order chi connectivity index (χ1) is 16.0. The van der Waals surface area contributed by atoms with Gasteiger partial charge in [-0.15, -0.1) is 0 Å². The number of urea groups is 1. The summed E-state index contributed by atoms with van der Waals surface area (Å²) in [4.78, 5) is 59.4. The smallest absolute Gasteiger partial charge is 0.328 e. The molecule has 1 N–H and O–H groups in total. The number of fused-ring (bicyclic) bond motifs is 2. The SMILES string of the molecule is COc1c(C)cnc(CCN2C(=O)N(C)[C@]3(C2=O)C(=O)N(CC(=O)O)c2ccc(Cl)cc23)c1C. The van der Waals surface area contributed by atoms with Crippen LogP contribution in [0.25, 0.3) is 0 Å². The number of ether oxygens (including phenoxy) is 1. The average Bonchev–Trinajstić information content (AvgIpc) is 3.12. The van der Waals surface area contributed by atoms with Crippen LogP contribution in [0.4, 0.5) is 10.5 Å². The number of pyridine rings is 1. The minimum Gasteiger partial charge on any atom is -0.496 e. The van der Waals surface area contributed by atoms with Crippen molar-refractivity contribution in [3.05, 3.63) is 51.8 Å². The van der Waals surface area contributed by atoms with Crippen LogP contribution in [-0.2, 0) is 26.3 Å². The van der Waals surface area contributed by atoms with Crippen molar-refractivity contribution in [3.8, 4) is 5.75 Å². The number of benzene rings is 1. The second kappa shape index (κ2) is 8.28. The summed E-state index contributed by atoms with van der Waals surface area (Å²) in [6.45, 7) is 3.03. The molecule has 0 bridgehead atoms. The number of rotatable bonds is 6. The van der Waals surface area contributed by atoms with Crippen molar-refractivity contribution in [1.29, 1.82) is 0 Å². The number of carboxylic acids is 1. The molecule has 0 aliphatic carbocycles. The van der Waals surface area contributed by atoms with Crippen LogP contribution in [0.5, 0.6) is 5.75 Å². The Morgan fingerprint density at radius 1 is 1.18 bits per heavy atom. The quantitative estimate of drug-likeness (QED) is 0.490. The number of imide groups is 1. The third-order valence-corrected chi connectivity index (χ3v) is 6.62. The number of aliphatic carboxylic acids is 1. The van der Waals surface area contributed by atoms with Gasteiger partial charge in [-0.05, 0) is 32.0 Å². The summed E-state index contributed by atoms with van der Waals surface area (Å²) in [5.74, 6) is -2.13. The molecule has 3 heterocycles. The number of hydrogen-bond acceptors (Lipinski definition) is 6. The molecule has 0 radical (unpaired) electrons. The topological polar surface area (TPSA) is 120 Å².